The minimum atomic E-state index is -0.979. The van der Waals surface area contributed by atoms with Gasteiger partial charge in [-0.05, 0) is 42.2 Å². The molecule has 3 heterocycles. The van der Waals surface area contributed by atoms with Crippen LogP contribution in [-0.4, -0.2) is 48.8 Å². The summed E-state index contributed by atoms with van der Waals surface area (Å²) in [6, 6.07) is 17.9. The van der Waals surface area contributed by atoms with Crippen molar-refractivity contribution >= 4 is 28.9 Å². The van der Waals surface area contributed by atoms with E-state index in [0.717, 1.165) is 16.7 Å². The van der Waals surface area contributed by atoms with E-state index < -0.39 is 17.8 Å². The maximum Gasteiger partial charge on any atom is 0.521 e. The fourth-order valence-corrected chi connectivity index (χ4v) is 5.07. The number of carbonyl (C=O) groups is 2. The number of nitrogens with one attached hydrogen (secondary N) is 1. The van der Waals surface area contributed by atoms with E-state index in [-0.39, 0.29) is 29.7 Å². The summed E-state index contributed by atoms with van der Waals surface area (Å²) >= 11 is 0. The summed E-state index contributed by atoms with van der Waals surface area (Å²) in [6.45, 7) is 5.78. The minimum Gasteiger partial charge on any atom is -0.465 e. The molecule has 0 spiro atoms. The van der Waals surface area contributed by atoms with Crippen molar-refractivity contribution in [2.24, 2.45) is 5.16 Å². The average molecular weight is 637 g/mol. The maximum atomic E-state index is 13.4. The van der Waals surface area contributed by atoms with Gasteiger partial charge < -0.3 is 23.5 Å². The van der Waals surface area contributed by atoms with Crippen LogP contribution in [0.2, 0.25) is 0 Å². The Morgan fingerprint density at radius 3 is 2.49 bits per heavy atom. The van der Waals surface area contributed by atoms with Gasteiger partial charge in [0.15, 0.2) is 11.6 Å². The predicted octanol–water partition coefficient (Wildman–Crippen LogP) is 5.12. The molecule has 238 valence electrons. The highest BCUT2D eigenvalue weighted by Gasteiger charge is 2.24. The van der Waals surface area contributed by atoms with Crippen LogP contribution in [0.3, 0.4) is 0 Å². The molecule has 3 aromatic carbocycles. The number of fused-ring (bicyclic) bond motifs is 1. The van der Waals surface area contributed by atoms with Crippen molar-refractivity contribution in [2.75, 3.05) is 6.61 Å². The van der Waals surface area contributed by atoms with Crippen LogP contribution in [0.25, 0.3) is 22.2 Å². The van der Waals surface area contributed by atoms with E-state index in [1.54, 1.807) is 28.8 Å². The molecule has 14 nitrogen and oxygen atoms in total. The first-order chi connectivity index (χ1) is 22.8. The van der Waals surface area contributed by atoms with Crippen LogP contribution in [0.1, 0.15) is 39.7 Å². The van der Waals surface area contributed by atoms with Crippen LogP contribution in [0, 0.1) is 13.8 Å². The molecule has 0 saturated carbocycles. The largest absolute Gasteiger partial charge is 0.521 e. The number of ether oxygens (including phenoxy) is 2. The minimum absolute atomic E-state index is 0.0331. The number of amidine groups is 1. The third kappa shape index (κ3) is 6.11. The Morgan fingerprint density at radius 2 is 1.81 bits per heavy atom. The van der Waals surface area contributed by atoms with Crippen LogP contribution < -0.4 is 20.6 Å². The zero-order valence-electron chi connectivity index (χ0n) is 25.5. The third-order valence-corrected chi connectivity index (χ3v) is 7.29. The highest BCUT2D eigenvalue weighted by Crippen LogP contribution is 2.31. The molecule has 0 radical (unpaired) electrons. The SMILES string of the molecule is CCOc1nc2c(C)ccc(C(=O)Oc3oc(=O)oc3C)c2n1Cc1ccc(-c2ccccc2C(=NO)NC(=O)n2ccnc2)cc1. The zero-order valence-corrected chi connectivity index (χ0v) is 25.5. The van der Waals surface area contributed by atoms with Crippen LogP contribution in [-0.2, 0) is 6.54 Å². The molecule has 0 bridgehead atoms. The molecule has 47 heavy (non-hydrogen) atoms. The second kappa shape index (κ2) is 12.9. The Morgan fingerprint density at radius 1 is 1.02 bits per heavy atom. The van der Waals surface area contributed by atoms with E-state index >= 15 is 0 Å². The molecule has 6 aromatic rings. The lowest BCUT2D eigenvalue weighted by molar-refractivity contribution is 0.0691. The van der Waals surface area contributed by atoms with Crippen LogP contribution in [0.15, 0.2) is 98.2 Å². The number of imidazole rings is 2. The number of rotatable bonds is 8. The van der Waals surface area contributed by atoms with Gasteiger partial charge in [0.05, 0.1) is 29.7 Å². The van der Waals surface area contributed by atoms with Gasteiger partial charge >= 0.3 is 23.8 Å². The molecule has 1 amide bonds. The second-order valence-electron chi connectivity index (χ2n) is 10.3. The summed E-state index contributed by atoms with van der Waals surface area (Å²) in [4.78, 5) is 46.0. The van der Waals surface area contributed by atoms with E-state index in [0.29, 0.717) is 34.8 Å². The van der Waals surface area contributed by atoms with E-state index in [2.05, 4.69) is 20.4 Å². The predicted molar refractivity (Wildman–Crippen MR) is 168 cm³/mol. The van der Waals surface area contributed by atoms with Gasteiger partial charge in [0.25, 0.3) is 6.01 Å². The molecule has 0 saturated heterocycles. The number of oxime groups is 1. The monoisotopic (exact) mass is 636 g/mol. The van der Waals surface area contributed by atoms with Crippen LogP contribution in [0.4, 0.5) is 4.79 Å². The fraction of sp³-hybridized carbons (Fsp3) is 0.152. The van der Waals surface area contributed by atoms with Gasteiger partial charge in [0.1, 0.15) is 6.33 Å². The lowest BCUT2D eigenvalue weighted by Crippen LogP contribution is -2.34. The summed E-state index contributed by atoms with van der Waals surface area (Å²) in [7, 11) is 0. The van der Waals surface area contributed by atoms with Crippen molar-refractivity contribution in [3.63, 3.8) is 0 Å². The van der Waals surface area contributed by atoms with Gasteiger partial charge in [0.2, 0.25) is 0 Å². The van der Waals surface area contributed by atoms with Crippen LogP contribution in [0.5, 0.6) is 12.0 Å². The number of hydrogen-bond donors (Lipinski definition) is 2. The number of benzene rings is 3. The maximum absolute atomic E-state index is 13.4. The first-order valence-electron chi connectivity index (χ1n) is 14.4. The Bertz CT molecular complexity index is 2180. The number of aryl methyl sites for hydroxylation is 2. The van der Waals surface area contributed by atoms with Crippen molar-refractivity contribution in [2.45, 2.75) is 27.3 Å². The number of hydrogen-bond acceptors (Lipinski definition) is 11. The third-order valence-electron chi connectivity index (χ3n) is 7.29. The summed E-state index contributed by atoms with van der Waals surface area (Å²) in [5.74, 6) is -2.06. The van der Waals surface area contributed by atoms with Gasteiger partial charge in [-0.25, -0.2) is 19.4 Å². The van der Waals surface area contributed by atoms with Gasteiger partial charge in [-0.2, -0.15) is 4.98 Å². The summed E-state index contributed by atoms with van der Waals surface area (Å²) in [5.41, 5.74) is 4.89. The number of nitrogens with zero attached hydrogens (tertiary/aromatic N) is 5. The Kier molecular flexibility index (Phi) is 8.38. The summed E-state index contributed by atoms with van der Waals surface area (Å²) in [5, 5.41) is 15.7. The molecule has 2 N–H and O–H groups in total. The molecule has 0 aliphatic carbocycles. The number of esters is 1. The molecule has 0 unspecified atom stereocenters. The standard InChI is InChI=1S/C33H28N6O8/c1-4-44-32-35-26-19(2)9-14-25(29(40)46-30-20(3)45-33(42)47-30)27(26)39(32)17-21-10-12-22(13-11-21)23-7-5-6-8-24(23)28(37-43)36-31(41)38-16-15-34-18-38/h5-16,18,43H,4,17H2,1-3H3,(H,36,37,41). The molecule has 6 rings (SSSR count). The van der Waals surface area contributed by atoms with Crippen molar-refractivity contribution in [1.29, 1.82) is 0 Å². The molecular formula is C33H28N6O8. The van der Waals surface area contributed by atoms with Crippen molar-refractivity contribution in [3.8, 4) is 23.1 Å². The molecule has 3 aromatic heterocycles. The average Bonchev–Trinajstić information content (AvgIpc) is 3.81. The van der Waals surface area contributed by atoms with Gasteiger partial charge in [-0.3, -0.25) is 14.5 Å². The molecule has 0 aliphatic heterocycles. The van der Waals surface area contributed by atoms with Gasteiger partial charge in [0, 0.05) is 24.9 Å². The first-order valence-corrected chi connectivity index (χ1v) is 14.4. The van der Waals surface area contributed by atoms with Gasteiger partial charge in [-0.15, -0.1) is 0 Å². The Hall–Kier alpha value is -6.44. The second-order valence-corrected chi connectivity index (χ2v) is 10.3. The highest BCUT2D eigenvalue weighted by atomic mass is 16.7. The molecule has 0 atom stereocenters. The number of carbonyl (C=O) groups excluding carboxylic acids is 2. The summed E-state index contributed by atoms with van der Waals surface area (Å²) in [6.07, 6.45) is 4.27. The van der Waals surface area contributed by atoms with E-state index in [9.17, 15) is 19.6 Å². The highest BCUT2D eigenvalue weighted by molar-refractivity contribution is 6.11. The summed E-state index contributed by atoms with van der Waals surface area (Å²) < 4.78 is 24.0. The Labute approximate surface area is 266 Å². The van der Waals surface area contributed by atoms with E-state index in [1.807, 2.05) is 50.2 Å². The molecule has 0 aliphatic rings. The molecule has 0 fully saturated rings. The van der Waals surface area contributed by atoms with Crippen molar-refractivity contribution in [3.05, 3.63) is 118 Å². The van der Waals surface area contributed by atoms with Crippen molar-refractivity contribution in [1.82, 2.24) is 24.4 Å². The van der Waals surface area contributed by atoms with Crippen LogP contribution >= 0.6 is 0 Å². The number of aromatic nitrogens is 4. The lowest BCUT2D eigenvalue weighted by Gasteiger charge is -2.14. The van der Waals surface area contributed by atoms with E-state index in [4.69, 9.17) is 18.3 Å². The first kappa shape index (κ1) is 30.6. The Balaban J connectivity index is 1.33. The molecular weight excluding hydrogens is 608 g/mol. The smallest absolute Gasteiger partial charge is 0.465 e. The van der Waals surface area contributed by atoms with Crippen molar-refractivity contribution < 1.29 is 33.1 Å². The van der Waals surface area contributed by atoms with Gasteiger partial charge in [-0.1, -0.05) is 59.8 Å². The lowest BCUT2D eigenvalue weighted by atomic mass is 9.98. The fourth-order valence-electron chi connectivity index (χ4n) is 5.07. The normalized spacial score (nSPS) is 11.5. The number of amides is 1. The quantitative estimate of drug-likeness (QED) is 0.0749. The topological polar surface area (TPSA) is 176 Å². The molecule has 14 heteroatoms. The zero-order chi connectivity index (χ0) is 33.1. The van der Waals surface area contributed by atoms with E-state index in [1.165, 1.54) is 30.2 Å².